The van der Waals surface area contributed by atoms with E-state index in [1.807, 2.05) is 21.1 Å². The maximum absolute atomic E-state index is 12.4. The highest BCUT2D eigenvalue weighted by molar-refractivity contribution is 6.78. The number of hydrogen-bond acceptors (Lipinski definition) is 2. The molecule has 0 atom stereocenters. The normalized spacial score (nSPS) is 10.5. The molecule has 0 aliphatic heterocycles. The summed E-state index contributed by atoms with van der Waals surface area (Å²) in [6.45, 7) is 8.15. The second kappa shape index (κ2) is 15.5. The van der Waals surface area contributed by atoms with E-state index in [1.165, 1.54) is 64.2 Å². The predicted molar refractivity (Wildman–Crippen MR) is 105 cm³/mol. The third kappa shape index (κ3) is 11.5. The van der Waals surface area contributed by atoms with Crippen LogP contribution >= 0.6 is 0 Å². The highest BCUT2D eigenvalue weighted by Crippen LogP contribution is 2.24. The van der Waals surface area contributed by atoms with Gasteiger partial charge in [-0.15, -0.1) is 0 Å². The van der Waals surface area contributed by atoms with Crippen LogP contribution in [0.1, 0.15) is 105 Å². The SMILES string of the molecule is CCCCCCCC([B]C(=O)C(C#N)=C(C)C)CCCCCCC. The maximum Gasteiger partial charge on any atom is 0.213 e. The zero-order valence-electron chi connectivity index (χ0n) is 16.5. The molecule has 0 rings (SSSR count). The summed E-state index contributed by atoms with van der Waals surface area (Å²) in [7, 11) is 1.84. The largest absolute Gasteiger partial charge is 0.306 e. The lowest BCUT2D eigenvalue weighted by Gasteiger charge is -2.15. The third-order valence-corrected chi connectivity index (χ3v) is 4.60. The molecule has 0 aliphatic rings. The molecule has 0 aliphatic carbocycles. The molecule has 2 nitrogen and oxygen atoms in total. The first-order chi connectivity index (χ1) is 11.6. The summed E-state index contributed by atoms with van der Waals surface area (Å²) >= 11 is 0. The fourth-order valence-corrected chi connectivity index (χ4v) is 3.04. The fourth-order valence-electron chi connectivity index (χ4n) is 3.04. The van der Waals surface area contributed by atoms with E-state index < -0.39 is 0 Å². The molecule has 0 saturated heterocycles. The lowest BCUT2D eigenvalue weighted by atomic mass is 9.56. The summed E-state index contributed by atoms with van der Waals surface area (Å²) in [6, 6.07) is 2.07. The van der Waals surface area contributed by atoms with E-state index in [-0.39, 0.29) is 5.68 Å². The Morgan fingerprint density at radius 2 is 1.33 bits per heavy atom. The number of allylic oxidation sites excluding steroid dienone is 2. The average Bonchev–Trinajstić information content (AvgIpc) is 2.54. The standard InChI is InChI=1S/C21H37BNO/c1-5-7-9-11-13-15-19(16-14-12-10-8-6-2)22-21(24)20(17-23)18(3)4/h19H,5-16H2,1-4H3. The van der Waals surface area contributed by atoms with Gasteiger partial charge >= 0.3 is 0 Å². The summed E-state index contributed by atoms with van der Waals surface area (Å²) < 4.78 is 0. The molecule has 0 N–H and O–H groups in total. The molecule has 1 radical (unpaired) electrons. The van der Waals surface area contributed by atoms with E-state index in [4.69, 9.17) is 0 Å². The summed E-state index contributed by atoms with van der Waals surface area (Å²) in [5.74, 6) is 0.337. The molecule has 3 heteroatoms. The van der Waals surface area contributed by atoms with Crippen LogP contribution in [0.15, 0.2) is 11.1 Å². The minimum atomic E-state index is -0.0652. The fraction of sp³-hybridized carbons (Fsp3) is 0.810. The van der Waals surface area contributed by atoms with Crippen molar-refractivity contribution in [3.63, 3.8) is 0 Å². The molecule has 0 aromatic carbocycles. The van der Waals surface area contributed by atoms with Crippen molar-refractivity contribution in [3.8, 4) is 6.07 Å². The van der Waals surface area contributed by atoms with E-state index >= 15 is 0 Å². The Kier molecular flexibility index (Phi) is 14.8. The highest BCUT2D eigenvalue weighted by Gasteiger charge is 2.19. The van der Waals surface area contributed by atoms with E-state index in [2.05, 4.69) is 19.9 Å². The molecular weight excluding hydrogens is 293 g/mol. The van der Waals surface area contributed by atoms with Crippen LogP contribution in [0.25, 0.3) is 0 Å². The minimum absolute atomic E-state index is 0.0652. The molecule has 0 aromatic rings. The number of carbonyl (C=O) groups excluding carboxylic acids is 1. The van der Waals surface area contributed by atoms with E-state index in [0.717, 1.165) is 18.4 Å². The number of unbranched alkanes of at least 4 members (excludes halogenated alkanes) is 8. The van der Waals surface area contributed by atoms with Gasteiger partial charge in [0.05, 0.1) is 5.57 Å². The van der Waals surface area contributed by atoms with Gasteiger partial charge in [0.25, 0.3) is 0 Å². The van der Waals surface area contributed by atoms with Gasteiger partial charge in [-0.25, -0.2) is 0 Å². The zero-order valence-corrected chi connectivity index (χ0v) is 16.5. The van der Waals surface area contributed by atoms with Gasteiger partial charge in [-0.3, -0.25) is 0 Å². The lowest BCUT2D eigenvalue weighted by molar-refractivity contribution is -0.108. The smallest absolute Gasteiger partial charge is 0.213 e. The van der Waals surface area contributed by atoms with Gasteiger partial charge in [-0.05, 0) is 13.8 Å². The minimum Gasteiger partial charge on any atom is -0.306 e. The highest BCUT2D eigenvalue weighted by atomic mass is 16.1. The zero-order chi connectivity index (χ0) is 18.2. The van der Waals surface area contributed by atoms with Crippen LogP contribution in [0, 0.1) is 11.3 Å². The van der Waals surface area contributed by atoms with Crippen LogP contribution in [0.4, 0.5) is 0 Å². The number of nitriles is 1. The van der Waals surface area contributed by atoms with Gasteiger partial charge < -0.3 is 4.79 Å². The van der Waals surface area contributed by atoms with Gasteiger partial charge in [0.1, 0.15) is 11.8 Å². The summed E-state index contributed by atoms with van der Waals surface area (Å²) in [5.41, 5.74) is 1.09. The molecule has 0 heterocycles. The summed E-state index contributed by atoms with van der Waals surface area (Å²) in [4.78, 5) is 12.4. The Hall–Kier alpha value is -1.04. The molecule has 0 saturated carbocycles. The van der Waals surface area contributed by atoms with Crippen LogP contribution in [0.2, 0.25) is 5.82 Å². The van der Waals surface area contributed by atoms with Crippen molar-refractivity contribution in [1.82, 2.24) is 0 Å². The Bertz CT molecular complexity index is 391. The first-order valence-corrected chi connectivity index (χ1v) is 10.0. The number of rotatable bonds is 15. The van der Waals surface area contributed by atoms with Crippen LogP contribution < -0.4 is 0 Å². The van der Waals surface area contributed by atoms with Crippen LogP contribution in [0.5, 0.6) is 0 Å². The third-order valence-electron chi connectivity index (χ3n) is 4.60. The van der Waals surface area contributed by atoms with E-state index in [9.17, 15) is 10.1 Å². The average molecular weight is 330 g/mol. The molecule has 0 aromatic heterocycles. The van der Waals surface area contributed by atoms with E-state index in [0.29, 0.717) is 11.4 Å². The molecule has 24 heavy (non-hydrogen) atoms. The molecule has 0 unspecified atom stereocenters. The van der Waals surface area contributed by atoms with Gasteiger partial charge in [-0.1, -0.05) is 102 Å². The Morgan fingerprint density at radius 3 is 1.71 bits per heavy atom. The van der Waals surface area contributed by atoms with Gasteiger partial charge in [0, 0.05) is 0 Å². The maximum atomic E-state index is 12.4. The quantitative estimate of drug-likeness (QED) is 0.147. The van der Waals surface area contributed by atoms with Gasteiger partial charge in [0.15, 0.2) is 0 Å². The van der Waals surface area contributed by atoms with Crippen molar-refractivity contribution in [2.24, 2.45) is 0 Å². The van der Waals surface area contributed by atoms with Crippen molar-refractivity contribution in [1.29, 1.82) is 5.26 Å². The number of hydrogen-bond donors (Lipinski definition) is 0. The second-order valence-electron chi connectivity index (χ2n) is 7.18. The summed E-state index contributed by atoms with van der Waals surface area (Å²) in [5, 5.41) is 9.18. The van der Waals surface area contributed by atoms with Crippen molar-refractivity contribution < 1.29 is 4.79 Å². The summed E-state index contributed by atoms with van der Waals surface area (Å²) in [6.07, 6.45) is 14.8. The Balaban J connectivity index is 4.42. The molecular formula is C21H37BNO. The molecule has 0 amide bonds. The van der Waals surface area contributed by atoms with Crippen molar-refractivity contribution in [2.75, 3.05) is 0 Å². The van der Waals surface area contributed by atoms with E-state index in [1.54, 1.807) is 0 Å². The first kappa shape index (κ1) is 23.0. The van der Waals surface area contributed by atoms with Crippen molar-refractivity contribution in [2.45, 2.75) is 111 Å². The molecule has 0 bridgehead atoms. The Labute approximate surface area is 151 Å². The van der Waals surface area contributed by atoms with Crippen LogP contribution in [-0.4, -0.2) is 13.0 Å². The number of carbonyl (C=O) groups is 1. The number of nitrogens with zero attached hydrogens (tertiary/aromatic N) is 1. The first-order valence-electron chi connectivity index (χ1n) is 10.0. The Morgan fingerprint density at radius 1 is 0.875 bits per heavy atom. The van der Waals surface area contributed by atoms with Crippen LogP contribution in [-0.2, 0) is 4.79 Å². The lowest BCUT2D eigenvalue weighted by Crippen LogP contribution is -2.18. The second-order valence-corrected chi connectivity index (χ2v) is 7.18. The molecule has 0 fully saturated rings. The predicted octanol–water partition coefficient (Wildman–Crippen LogP) is 6.59. The van der Waals surface area contributed by atoms with Gasteiger partial charge in [0.2, 0.25) is 7.28 Å². The molecule has 135 valence electrons. The molecule has 0 spiro atoms. The topological polar surface area (TPSA) is 40.9 Å². The monoisotopic (exact) mass is 330 g/mol. The van der Waals surface area contributed by atoms with Gasteiger partial charge in [-0.2, -0.15) is 5.26 Å². The van der Waals surface area contributed by atoms with Crippen LogP contribution in [0.3, 0.4) is 0 Å². The van der Waals surface area contributed by atoms with Crippen molar-refractivity contribution in [3.05, 3.63) is 11.1 Å². The van der Waals surface area contributed by atoms with Crippen molar-refractivity contribution >= 4 is 13.0 Å².